The Hall–Kier alpha value is -1.75. The summed E-state index contributed by atoms with van der Waals surface area (Å²) in [7, 11) is 1.82. The zero-order valence-electron chi connectivity index (χ0n) is 12.4. The molecule has 0 bridgehead atoms. The summed E-state index contributed by atoms with van der Waals surface area (Å²) in [6, 6.07) is 5.83. The van der Waals surface area contributed by atoms with Gasteiger partial charge < -0.3 is 20.1 Å². The summed E-state index contributed by atoms with van der Waals surface area (Å²) in [5.74, 6) is 2.19. The Bertz CT molecular complexity index is 528. The number of carbonyl (C=O) groups is 1. The molecule has 1 atom stereocenters. The summed E-state index contributed by atoms with van der Waals surface area (Å²) >= 11 is 0. The van der Waals surface area contributed by atoms with Crippen molar-refractivity contribution < 1.29 is 14.3 Å². The third-order valence-corrected chi connectivity index (χ3v) is 4.09. The van der Waals surface area contributed by atoms with E-state index in [1.165, 1.54) is 12.8 Å². The standard InChI is InChI=1S/C16H22N2O3/c1-18(16(19)9-13(17)12-3-4-12)10-11-2-5-14-15(8-11)21-7-6-20-14/h2,5,8,12-13H,3-4,6-7,9-10,17H2,1H3. The van der Waals surface area contributed by atoms with Crippen LogP contribution in [0.15, 0.2) is 18.2 Å². The molecule has 0 aromatic heterocycles. The van der Waals surface area contributed by atoms with Gasteiger partial charge in [0.25, 0.3) is 0 Å². The van der Waals surface area contributed by atoms with E-state index in [9.17, 15) is 4.79 Å². The summed E-state index contributed by atoms with van der Waals surface area (Å²) in [6.45, 7) is 1.72. The zero-order chi connectivity index (χ0) is 14.8. The van der Waals surface area contributed by atoms with E-state index in [0.717, 1.165) is 17.1 Å². The van der Waals surface area contributed by atoms with E-state index in [1.54, 1.807) is 4.90 Å². The van der Waals surface area contributed by atoms with E-state index in [1.807, 2.05) is 25.2 Å². The lowest BCUT2D eigenvalue weighted by molar-refractivity contribution is -0.130. The highest BCUT2D eigenvalue weighted by Crippen LogP contribution is 2.33. The van der Waals surface area contributed by atoms with Crippen molar-refractivity contribution in [1.29, 1.82) is 0 Å². The first kappa shape index (κ1) is 14.2. The van der Waals surface area contributed by atoms with E-state index in [-0.39, 0.29) is 11.9 Å². The minimum atomic E-state index is 0.0141. The van der Waals surface area contributed by atoms with E-state index in [0.29, 0.717) is 32.1 Å². The van der Waals surface area contributed by atoms with Crippen LogP contribution in [0, 0.1) is 5.92 Å². The maximum absolute atomic E-state index is 12.2. The zero-order valence-corrected chi connectivity index (χ0v) is 12.4. The molecule has 1 unspecified atom stereocenters. The lowest BCUT2D eigenvalue weighted by Gasteiger charge is -2.22. The predicted octanol–water partition coefficient (Wildman–Crippen LogP) is 1.54. The van der Waals surface area contributed by atoms with Crippen LogP contribution in [0.2, 0.25) is 0 Å². The molecule has 1 saturated carbocycles. The quantitative estimate of drug-likeness (QED) is 0.893. The Morgan fingerprint density at radius 2 is 2.05 bits per heavy atom. The minimum absolute atomic E-state index is 0.0141. The average molecular weight is 290 g/mol. The molecule has 5 nitrogen and oxygen atoms in total. The molecule has 1 aromatic carbocycles. The van der Waals surface area contributed by atoms with Gasteiger partial charge in [-0.2, -0.15) is 0 Å². The second-order valence-corrected chi connectivity index (χ2v) is 5.93. The molecule has 0 spiro atoms. The number of benzene rings is 1. The molecule has 21 heavy (non-hydrogen) atoms. The Labute approximate surface area is 125 Å². The minimum Gasteiger partial charge on any atom is -0.486 e. The maximum Gasteiger partial charge on any atom is 0.224 e. The highest BCUT2D eigenvalue weighted by Gasteiger charge is 2.30. The average Bonchev–Trinajstić information content (AvgIpc) is 3.31. The fourth-order valence-corrected chi connectivity index (χ4v) is 2.60. The molecule has 2 aliphatic rings. The molecule has 0 saturated heterocycles. The summed E-state index contributed by atoms with van der Waals surface area (Å²) < 4.78 is 11.1. The molecule has 1 aromatic rings. The molecule has 1 aliphatic carbocycles. The van der Waals surface area contributed by atoms with Gasteiger partial charge in [0.2, 0.25) is 5.91 Å². The van der Waals surface area contributed by atoms with Gasteiger partial charge >= 0.3 is 0 Å². The highest BCUT2D eigenvalue weighted by atomic mass is 16.6. The number of nitrogens with two attached hydrogens (primary N) is 1. The third-order valence-electron chi connectivity index (χ3n) is 4.09. The number of amides is 1. The maximum atomic E-state index is 12.2. The van der Waals surface area contributed by atoms with Gasteiger partial charge in [-0.05, 0) is 36.5 Å². The number of hydrogen-bond donors (Lipinski definition) is 1. The van der Waals surface area contributed by atoms with Crippen molar-refractivity contribution in [1.82, 2.24) is 4.90 Å². The monoisotopic (exact) mass is 290 g/mol. The highest BCUT2D eigenvalue weighted by molar-refractivity contribution is 5.76. The molecule has 114 valence electrons. The molecule has 1 fully saturated rings. The van der Waals surface area contributed by atoms with E-state index >= 15 is 0 Å². The van der Waals surface area contributed by atoms with Crippen molar-refractivity contribution in [3.63, 3.8) is 0 Å². The fourth-order valence-electron chi connectivity index (χ4n) is 2.60. The SMILES string of the molecule is CN(Cc1ccc2c(c1)OCCO2)C(=O)CC(N)C1CC1. The Balaban J connectivity index is 1.58. The van der Waals surface area contributed by atoms with Crippen LogP contribution in [0.5, 0.6) is 11.5 Å². The van der Waals surface area contributed by atoms with Gasteiger partial charge in [0, 0.05) is 26.1 Å². The summed E-state index contributed by atoms with van der Waals surface area (Å²) in [6.07, 6.45) is 2.77. The summed E-state index contributed by atoms with van der Waals surface area (Å²) in [5, 5.41) is 0. The molecule has 3 rings (SSSR count). The van der Waals surface area contributed by atoms with Gasteiger partial charge in [-0.3, -0.25) is 4.79 Å². The van der Waals surface area contributed by atoms with Crippen LogP contribution in [-0.4, -0.2) is 37.1 Å². The van der Waals surface area contributed by atoms with Crippen LogP contribution >= 0.6 is 0 Å². The van der Waals surface area contributed by atoms with Crippen molar-refractivity contribution in [2.75, 3.05) is 20.3 Å². The normalized spacial score (nSPS) is 18.2. The Morgan fingerprint density at radius 1 is 1.33 bits per heavy atom. The van der Waals surface area contributed by atoms with Crippen LogP contribution in [0.25, 0.3) is 0 Å². The van der Waals surface area contributed by atoms with Gasteiger partial charge in [0.1, 0.15) is 13.2 Å². The molecular formula is C16H22N2O3. The molecule has 1 amide bonds. The molecule has 0 radical (unpaired) electrons. The van der Waals surface area contributed by atoms with E-state index < -0.39 is 0 Å². The molecule has 1 heterocycles. The Kier molecular flexibility index (Phi) is 4.01. The first-order valence-electron chi connectivity index (χ1n) is 7.51. The fraction of sp³-hybridized carbons (Fsp3) is 0.562. The molecule has 2 N–H and O–H groups in total. The number of carbonyl (C=O) groups excluding carboxylic acids is 1. The number of ether oxygens (including phenoxy) is 2. The van der Waals surface area contributed by atoms with Crippen molar-refractivity contribution in [3.8, 4) is 11.5 Å². The second-order valence-electron chi connectivity index (χ2n) is 5.93. The van der Waals surface area contributed by atoms with E-state index in [4.69, 9.17) is 15.2 Å². The number of fused-ring (bicyclic) bond motifs is 1. The first-order valence-corrected chi connectivity index (χ1v) is 7.51. The van der Waals surface area contributed by atoms with Crippen molar-refractivity contribution >= 4 is 5.91 Å². The van der Waals surface area contributed by atoms with Crippen LogP contribution in [0.3, 0.4) is 0 Å². The van der Waals surface area contributed by atoms with Gasteiger partial charge in [0.05, 0.1) is 0 Å². The lowest BCUT2D eigenvalue weighted by Crippen LogP contribution is -2.34. The van der Waals surface area contributed by atoms with Crippen LogP contribution in [0.1, 0.15) is 24.8 Å². The number of rotatable bonds is 5. The molecule has 5 heteroatoms. The van der Waals surface area contributed by atoms with E-state index in [2.05, 4.69) is 0 Å². The predicted molar refractivity (Wildman–Crippen MR) is 79.2 cm³/mol. The topological polar surface area (TPSA) is 64.8 Å². The van der Waals surface area contributed by atoms with Gasteiger partial charge in [0.15, 0.2) is 11.5 Å². The second kappa shape index (κ2) is 5.93. The van der Waals surface area contributed by atoms with Crippen molar-refractivity contribution in [3.05, 3.63) is 23.8 Å². The summed E-state index contributed by atoms with van der Waals surface area (Å²) in [4.78, 5) is 13.9. The largest absolute Gasteiger partial charge is 0.486 e. The third kappa shape index (κ3) is 3.47. The van der Waals surface area contributed by atoms with Crippen molar-refractivity contribution in [2.45, 2.75) is 31.8 Å². The van der Waals surface area contributed by atoms with Crippen molar-refractivity contribution in [2.24, 2.45) is 11.7 Å². The first-order chi connectivity index (χ1) is 10.1. The van der Waals surface area contributed by atoms with Gasteiger partial charge in [-0.15, -0.1) is 0 Å². The van der Waals surface area contributed by atoms with Gasteiger partial charge in [-0.1, -0.05) is 6.07 Å². The lowest BCUT2D eigenvalue weighted by atomic mass is 10.1. The van der Waals surface area contributed by atoms with Gasteiger partial charge in [-0.25, -0.2) is 0 Å². The number of nitrogens with zero attached hydrogens (tertiary/aromatic N) is 1. The Morgan fingerprint density at radius 3 is 2.76 bits per heavy atom. The molecular weight excluding hydrogens is 268 g/mol. The van der Waals surface area contributed by atoms with Crippen LogP contribution in [0.4, 0.5) is 0 Å². The van der Waals surface area contributed by atoms with Crippen LogP contribution < -0.4 is 15.2 Å². The molecule has 1 aliphatic heterocycles. The van der Waals surface area contributed by atoms with Crippen LogP contribution in [-0.2, 0) is 11.3 Å². The summed E-state index contributed by atoms with van der Waals surface area (Å²) in [5.41, 5.74) is 7.06. The smallest absolute Gasteiger partial charge is 0.224 e. The number of hydrogen-bond acceptors (Lipinski definition) is 4.